The molecule has 2 heterocycles. The van der Waals surface area contributed by atoms with Crippen molar-refractivity contribution in [3.8, 4) is 5.75 Å². The Morgan fingerprint density at radius 1 is 1.23 bits per heavy atom. The molecule has 0 saturated heterocycles. The normalized spacial score (nSPS) is 10.7. The van der Waals surface area contributed by atoms with Gasteiger partial charge in [0.25, 0.3) is 5.56 Å². The van der Waals surface area contributed by atoms with E-state index < -0.39 is 17.7 Å². The van der Waals surface area contributed by atoms with Crippen LogP contribution in [0.3, 0.4) is 0 Å². The molecule has 0 atom stereocenters. The summed E-state index contributed by atoms with van der Waals surface area (Å²) in [6, 6.07) is 4.79. The number of nitrogens with zero attached hydrogens (tertiary/aromatic N) is 3. The molecule has 0 radical (unpaired) electrons. The van der Waals surface area contributed by atoms with Crippen LogP contribution < -0.4 is 15.6 Å². The highest BCUT2D eigenvalue weighted by molar-refractivity contribution is 9.10. The largest absolute Gasteiger partial charge is 0.487 e. The van der Waals surface area contributed by atoms with E-state index in [1.54, 1.807) is 13.0 Å². The molecular formula is C20H17BrF2N4O4. The quantitative estimate of drug-likeness (QED) is 0.521. The molecule has 0 bridgehead atoms. The molecule has 0 unspecified atom stereocenters. The van der Waals surface area contributed by atoms with E-state index in [0.717, 1.165) is 12.1 Å². The lowest BCUT2D eigenvalue weighted by atomic mass is 10.2. The van der Waals surface area contributed by atoms with Gasteiger partial charge in [-0.05, 0) is 35.0 Å². The molecule has 0 aliphatic carbocycles. The van der Waals surface area contributed by atoms with Crippen LogP contribution in [-0.2, 0) is 19.7 Å². The van der Waals surface area contributed by atoms with Crippen molar-refractivity contribution in [1.29, 1.82) is 0 Å². The summed E-state index contributed by atoms with van der Waals surface area (Å²) >= 11 is 3.22. The maximum absolute atomic E-state index is 13.8. The second-order valence-electron chi connectivity index (χ2n) is 6.54. The lowest BCUT2D eigenvalue weighted by Gasteiger charge is -2.14. The van der Waals surface area contributed by atoms with Gasteiger partial charge in [-0.2, -0.15) is 0 Å². The van der Waals surface area contributed by atoms with Crippen molar-refractivity contribution >= 4 is 22.0 Å². The number of benzene rings is 1. The molecule has 0 aliphatic rings. The van der Waals surface area contributed by atoms with Gasteiger partial charge in [0.2, 0.25) is 0 Å². The summed E-state index contributed by atoms with van der Waals surface area (Å²) < 4.78 is 34.0. The molecule has 31 heavy (non-hydrogen) atoms. The average molecular weight is 495 g/mol. The number of carbonyl (C=O) groups is 1. The molecule has 162 valence electrons. The van der Waals surface area contributed by atoms with Crippen molar-refractivity contribution in [1.82, 2.24) is 19.9 Å². The van der Waals surface area contributed by atoms with E-state index in [0.29, 0.717) is 17.1 Å². The number of aromatic nitrogens is 3. The van der Waals surface area contributed by atoms with Crippen LogP contribution in [0.4, 0.5) is 13.6 Å². The van der Waals surface area contributed by atoms with Crippen LogP contribution in [0.15, 0.2) is 45.9 Å². The van der Waals surface area contributed by atoms with Crippen molar-refractivity contribution < 1.29 is 23.4 Å². The van der Waals surface area contributed by atoms with Crippen molar-refractivity contribution in [2.45, 2.75) is 26.6 Å². The van der Waals surface area contributed by atoms with E-state index in [1.165, 1.54) is 23.0 Å². The Morgan fingerprint density at radius 3 is 2.58 bits per heavy atom. The highest BCUT2D eigenvalue weighted by Gasteiger charge is 2.14. The zero-order valence-corrected chi connectivity index (χ0v) is 17.8. The first-order chi connectivity index (χ1) is 14.7. The molecule has 0 saturated carbocycles. The highest BCUT2D eigenvalue weighted by Crippen LogP contribution is 2.24. The van der Waals surface area contributed by atoms with Crippen LogP contribution >= 0.6 is 15.9 Å². The first kappa shape index (κ1) is 22.3. The van der Waals surface area contributed by atoms with Gasteiger partial charge in [0.1, 0.15) is 28.5 Å². The van der Waals surface area contributed by atoms with E-state index in [9.17, 15) is 18.4 Å². The van der Waals surface area contributed by atoms with Crippen LogP contribution in [0.1, 0.15) is 22.6 Å². The van der Waals surface area contributed by atoms with Gasteiger partial charge in [0, 0.05) is 23.4 Å². The summed E-state index contributed by atoms with van der Waals surface area (Å²) in [6.45, 7) is 1.69. The van der Waals surface area contributed by atoms with Gasteiger partial charge in [-0.25, -0.2) is 13.6 Å². The maximum atomic E-state index is 13.8. The first-order valence-electron chi connectivity index (χ1n) is 8.98. The molecule has 3 rings (SSSR count). The molecule has 0 fully saturated rings. The minimum Gasteiger partial charge on any atom is -0.487 e. The minimum atomic E-state index is -1.16. The van der Waals surface area contributed by atoms with Crippen LogP contribution in [0.25, 0.3) is 0 Å². The van der Waals surface area contributed by atoms with Gasteiger partial charge in [-0.1, -0.05) is 0 Å². The molecule has 0 spiro atoms. The molecule has 1 aromatic carbocycles. The van der Waals surface area contributed by atoms with Crippen molar-refractivity contribution in [2.24, 2.45) is 0 Å². The predicted octanol–water partition coefficient (Wildman–Crippen LogP) is 3.38. The van der Waals surface area contributed by atoms with Crippen LogP contribution in [0.2, 0.25) is 0 Å². The van der Waals surface area contributed by atoms with E-state index in [4.69, 9.17) is 9.84 Å². The van der Waals surface area contributed by atoms with Crippen molar-refractivity contribution in [2.75, 3.05) is 0 Å². The topological polar surface area (TPSA) is 106 Å². The monoisotopic (exact) mass is 494 g/mol. The van der Waals surface area contributed by atoms with Crippen LogP contribution in [-0.4, -0.2) is 25.7 Å². The fraction of sp³-hybridized carbons (Fsp3) is 0.200. The zero-order chi connectivity index (χ0) is 22.5. The Kier molecular flexibility index (Phi) is 6.95. The smallest absolute Gasteiger partial charge is 0.404 e. The number of rotatable bonds is 7. The number of nitrogens with one attached hydrogen (secondary N) is 1. The zero-order valence-electron chi connectivity index (χ0n) is 16.2. The minimum absolute atomic E-state index is 0.0217. The fourth-order valence-electron chi connectivity index (χ4n) is 2.69. The molecule has 2 aromatic heterocycles. The summed E-state index contributed by atoms with van der Waals surface area (Å²) in [5, 5.41) is 10.8. The standard InChI is InChI=1S/C20H17BrF2N4O4/c1-11-4-17(31-10-12-2-3-13(22)5-16(12)23)18(21)19(28)27(11)9-15-8-24-14(6-25-15)7-26-20(29)30/h2-6,8,26H,7,9-10H2,1H3,(H,29,30). The van der Waals surface area contributed by atoms with E-state index >= 15 is 0 Å². The second kappa shape index (κ2) is 9.65. The molecule has 3 aromatic rings. The van der Waals surface area contributed by atoms with Crippen molar-refractivity contribution in [3.05, 3.63) is 85.8 Å². The molecule has 11 heteroatoms. The average Bonchev–Trinajstić information content (AvgIpc) is 2.73. The summed E-state index contributed by atoms with van der Waals surface area (Å²) in [4.78, 5) is 31.6. The number of hydrogen-bond acceptors (Lipinski definition) is 5. The van der Waals surface area contributed by atoms with Gasteiger partial charge >= 0.3 is 6.09 Å². The molecule has 2 N–H and O–H groups in total. The Labute approximate surface area is 183 Å². The summed E-state index contributed by atoms with van der Waals surface area (Å²) in [5.74, 6) is -1.19. The van der Waals surface area contributed by atoms with E-state index in [2.05, 4.69) is 31.2 Å². The van der Waals surface area contributed by atoms with Gasteiger partial charge in [0.05, 0.1) is 36.9 Å². The fourth-order valence-corrected chi connectivity index (χ4v) is 3.14. The number of ether oxygens (including phenoxy) is 1. The summed E-state index contributed by atoms with van der Waals surface area (Å²) in [7, 11) is 0. The molecule has 8 nitrogen and oxygen atoms in total. The Morgan fingerprint density at radius 2 is 1.94 bits per heavy atom. The number of halogens is 3. The SMILES string of the molecule is Cc1cc(OCc2ccc(F)cc2F)c(Br)c(=O)n1Cc1cnc(CNC(=O)O)cn1. The van der Waals surface area contributed by atoms with Gasteiger partial charge < -0.3 is 19.7 Å². The third-order valence-electron chi connectivity index (χ3n) is 4.31. The first-order valence-corrected chi connectivity index (χ1v) is 9.77. The Hall–Kier alpha value is -3.34. The lowest BCUT2D eigenvalue weighted by Crippen LogP contribution is -2.25. The maximum Gasteiger partial charge on any atom is 0.404 e. The number of amides is 1. The van der Waals surface area contributed by atoms with Crippen LogP contribution in [0.5, 0.6) is 5.75 Å². The number of carboxylic acid groups (broad SMARTS) is 1. The lowest BCUT2D eigenvalue weighted by molar-refractivity contribution is 0.194. The van der Waals surface area contributed by atoms with Gasteiger partial charge in [-0.3, -0.25) is 14.8 Å². The molecule has 0 aliphatic heterocycles. The third kappa shape index (κ3) is 5.63. The number of pyridine rings is 1. The molecular weight excluding hydrogens is 478 g/mol. The van der Waals surface area contributed by atoms with Crippen molar-refractivity contribution in [3.63, 3.8) is 0 Å². The number of hydrogen-bond donors (Lipinski definition) is 2. The second-order valence-corrected chi connectivity index (χ2v) is 7.33. The van der Waals surface area contributed by atoms with Gasteiger partial charge in [0.15, 0.2) is 0 Å². The summed E-state index contributed by atoms with van der Waals surface area (Å²) in [5.41, 5.74) is 1.28. The highest BCUT2D eigenvalue weighted by atomic mass is 79.9. The van der Waals surface area contributed by atoms with Crippen LogP contribution in [0, 0.1) is 18.6 Å². The van der Waals surface area contributed by atoms with Gasteiger partial charge in [-0.15, -0.1) is 0 Å². The number of aryl methyl sites for hydroxylation is 1. The Bertz CT molecular complexity index is 1170. The van der Waals surface area contributed by atoms with E-state index in [-0.39, 0.29) is 41.0 Å². The molecule has 1 amide bonds. The predicted molar refractivity (Wildman–Crippen MR) is 110 cm³/mol. The Balaban J connectivity index is 1.75. The summed E-state index contributed by atoms with van der Waals surface area (Å²) in [6.07, 6.45) is 1.72. The third-order valence-corrected chi connectivity index (χ3v) is 5.04. The van der Waals surface area contributed by atoms with E-state index in [1.807, 2.05) is 0 Å².